The molecular formula is C13H19NOS. The van der Waals surface area contributed by atoms with Crippen LogP contribution in [0.1, 0.15) is 32.3 Å². The molecule has 0 saturated heterocycles. The van der Waals surface area contributed by atoms with Gasteiger partial charge in [-0.25, -0.2) is 0 Å². The summed E-state index contributed by atoms with van der Waals surface area (Å²) in [5, 5.41) is 0. The number of benzene rings is 1. The van der Waals surface area contributed by atoms with Crippen molar-refractivity contribution in [2.75, 3.05) is 6.54 Å². The second kappa shape index (κ2) is 4.68. The summed E-state index contributed by atoms with van der Waals surface area (Å²) in [6.07, 6.45) is 3.35. The van der Waals surface area contributed by atoms with E-state index in [4.69, 9.17) is 10.5 Å². The van der Waals surface area contributed by atoms with E-state index in [-0.39, 0.29) is 4.93 Å². The molecule has 0 spiro atoms. The number of thioether (sulfide) groups is 1. The fourth-order valence-electron chi connectivity index (χ4n) is 1.90. The van der Waals surface area contributed by atoms with Gasteiger partial charge in [0.2, 0.25) is 0 Å². The van der Waals surface area contributed by atoms with Crippen LogP contribution in [0, 0.1) is 0 Å². The fraction of sp³-hybridized carbons (Fsp3) is 0.538. The Balaban J connectivity index is 2.04. The fourth-order valence-corrected chi connectivity index (χ4v) is 2.89. The van der Waals surface area contributed by atoms with Crippen molar-refractivity contribution in [1.82, 2.24) is 0 Å². The second-order valence-electron chi connectivity index (χ2n) is 4.63. The maximum atomic E-state index is 5.88. The minimum absolute atomic E-state index is 0.113. The quantitative estimate of drug-likeness (QED) is 0.817. The molecule has 0 unspecified atom stereocenters. The molecule has 1 aliphatic rings. The summed E-state index contributed by atoms with van der Waals surface area (Å²) in [4.78, 5) is 1.14. The van der Waals surface area contributed by atoms with Crippen LogP contribution in [0.15, 0.2) is 23.1 Å². The lowest BCUT2D eigenvalue weighted by Gasteiger charge is -2.15. The first-order valence-corrected chi connectivity index (χ1v) is 6.63. The summed E-state index contributed by atoms with van der Waals surface area (Å²) >= 11 is 1.79. The summed E-state index contributed by atoms with van der Waals surface area (Å²) in [5.41, 5.74) is 6.84. The highest BCUT2D eigenvalue weighted by molar-refractivity contribution is 8.00. The molecule has 1 aromatic carbocycles. The molecule has 2 nitrogen and oxygen atoms in total. The Kier molecular flexibility index (Phi) is 3.45. The van der Waals surface area contributed by atoms with E-state index in [2.05, 4.69) is 32.0 Å². The Morgan fingerprint density at radius 3 is 2.88 bits per heavy atom. The van der Waals surface area contributed by atoms with Crippen molar-refractivity contribution >= 4 is 11.8 Å². The minimum atomic E-state index is -0.113. The molecule has 3 heteroatoms. The van der Waals surface area contributed by atoms with Crippen LogP contribution in [0.25, 0.3) is 0 Å². The van der Waals surface area contributed by atoms with Crippen LogP contribution in [-0.2, 0) is 6.42 Å². The number of aryl methyl sites for hydroxylation is 1. The maximum absolute atomic E-state index is 5.88. The molecule has 0 aliphatic carbocycles. The van der Waals surface area contributed by atoms with E-state index in [1.165, 1.54) is 10.5 Å². The van der Waals surface area contributed by atoms with Crippen molar-refractivity contribution in [3.05, 3.63) is 23.8 Å². The van der Waals surface area contributed by atoms with E-state index >= 15 is 0 Å². The molecule has 2 rings (SSSR count). The molecule has 0 fully saturated rings. The van der Waals surface area contributed by atoms with Crippen LogP contribution in [0.5, 0.6) is 5.75 Å². The molecular weight excluding hydrogens is 218 g/mol. The van der Waals surface area contributed by atoms with Gasteiger partial charge in [-0.1, -0.05) is 17.8 Å². The van der Waals surface area contributed by atoms with Crippen LogP contribution in [-0.4, -0.2) is 11.5 Å². The van der Waals surface area contributed by atoms with Crippen LogP contribution in [0.4, 0.5) is 0 Å². The largest absolute Gasteiger partial charge is 0.476 e. The zero-order valence-corrected chi connectivity index (χ0v) is 10.8. The Bertz CT molecular complexity index is 376. The van der Waals surface area contributed by atoms with E-state index in [1.807, 2.05) is 0 Å². The Labute approximate surface area is 102 Å². The first-order valence-electron chi connectivity index (χ1n) is 5.82. The maximum Gasteiger partial charge on any atom is 0.153 e. The third-order valence-corrected chi connectivity index (χ3v) is 3.77. The molecule has 0 aromatic heterocycles. The van der Waals surface area contributed by atoms with Crippen molar-refractivity contribution in [2.24, 2.45) is 5.73 Å². The third-order valence-electron chi connectivity index (χ3n) is 2.64. The van der Waals surface area contributed by atoms with E-state index < -0.39 is 0 Å². The van der Waals surface area contributed by atoms with Crippen molar-refractivity contribution < 1.29 is 4.74 Å². The lowest BCUT2D eigenvalue weighted by molar-refractivity contribution is 0.215. The summed E-state index contributed by atoms with van der Waals surface area (Å²) in [7, 11) is 0. The molecule has 0 bridgehead atoms. The van der Waals surface area contributed by atoms with Gasteiger partial charge in [-0.15, -0.1) is 0 Å². The Morgan fingerprint density at radius 1 is 1.31 bits per heavy atom. The van der Waals surface area contributed by atoms with Crippen LogP contribution >= 0.6 is 11.8 Å². The van der Waals surface area contributed by atoms with E-state index in [1.54, 1.807) is 11.8 Å². The lowest BCUT2D eigenvalue weighted by atomic mass is 10.1. The standard InChI is InChI=1S/C13H19NOS/c1-13(2)15-11-9-10(5-3-4-8-14)6-7-12(11)16-13/h6-7,9H,3-5,8,14H2,1-2H3. The summed E-state index contributed by atoms with van der Waals surface area (Å²) < 4.78 is 5.88. The van der Waals surface area contributed by atoms with Gasteiger partial charge in [-0.05, 0) is 57.4 Å². The van der Waals surface area contributed by atoms with Crippen molar-refractivity contribution in [3.63, 3.8) is 0 Å². The lowest BCUT2D eigenvalue weighted by Crippen LogP contribution is -2.18. The molecule has 0 amide bonds. The van der Waals surface area contributed by atoms with Crippen LogP contribution < -0.4 is 10.5 Å². The van der Waals surface area contributed by atoms with Gasteiger partial charge in [0.25, 0.3) is 0 Å². The number of unbranched alkanes of at least 4 members (excludes halogenated alkanes) is 1. The monoisotopic (exact) mass is 237 g/mol. The van der Waals surface area contributed by atoms with E-state index in [0.717, 1.165) is 31.6 Å². The van der Waals surface area contributed by atoms with Gasteiger partial charge >= 0.3 is 0 Å². The van der Waals surface area contributed by atoms with E-state index in [0.29, 0.717) is 0 Å². The topological polar surface area (TPSA) is 35.2 Å². The summed E-state index contributed by atoms with van der Waals surface area (Å²) in [6.45, 7) is 4.99. The van der Waals surface area contributed by atoms with Crippen molar-refractivity contribution in [3.8, 4) is 5.75 Å². The Morgan fingerprint density at radius 2 is 2.12 bits per heavy atom. The molecule has 1 aliphatic heterocycles. The second-order valence-corrected chi connectivity index (χ2v) is 6.26. The number of fused-ring (bicyclic) bond motifs is 1. The highest BCUT2D eigenvalue weighted by atomic mass is 32.2. The van der Waals surface area contributed by atoms with Gasteiger partial charge in [0.1, 0.15) is 5.75 Å². The predicted molar refractivity (Wildman–Crippen MR) is 69.0 cm³/mol. The highest BCUT2D eigenvalue weighted by Gasteiger charge is 2.30. The SMILES string of the molecule is CC1(C)Oc2cc(CCCCN)ccc2S1. The predicted octanol–water partition coefficient (Wildman–Crippen LogP) is 3.19. The average molecular weight is 237 g/mol. The summed E-state index contributed by atoms with van der Waals surface area (Å²) in [5.74, 6) is 1.04. The highest BCUT2D eigenvalue weighted by Crippen LogP contribution is 2.47. The van der Waals surface area contributed by atoms with Gasteiger partial charge < -0.3 is 10.5 Å². The normalized spacial score (nSPS) is 16.9. The molecule has 16 heavy (non-hydrogen) atoms. The third kappa shape index (κ3) is 2.71. The Hall–Kier alpha value is -0.670. The minimum Gasteiger partial charge on any atom is -0.476 e. The first-order chi connectivity index (χ1) is 7.61. The molecule has 2 N–H and O–H groups in total. The summed E-state index contributed by atoms with van der Waals surface area (Å²) in [6, 6.07) is 6.55. The number of rotatable bonds is 4. The number of ether oxygens (including phenoxy) is 1. The molecule has 1 aromatic rings. The first kappa shape index (κ1) is 11.8. The number of nitrogens with two attached hydrogens (primary N) is 1. The number of hydrogen-bond acceptors (Lipinski definition) is 3. The molecule has 0 radical (unpaired) electrons. The molecule has 0 saturated carbocycles. The zero-order valence-electron chi connectivity index (χ0n) is 9.95. The molecule has 88 valence electrons. The van der Waals surface area contributed by atoms with Gasteiger partial charge in [0, 0.05) is 0 Å². The number of hydrogen-bond donors (Lipinski definition) is 1. The average Bonchev–Trinajstić information content (AvgIpc) is 2.51. The zero-order chi connectivity index (χ0) is 11.6. The van der Waals surface area contributed by atoms with Crippen LogP contribution in [0.2, 0.25) is 0 Å². The van der Waals surface area contributed by atoms with Gasteiger partial charge in [-0.3, -0.25) is 0 Å². The van der Waals surface area contributed by atoms with Gasteiger partial charge in [-0.2, -0.15) is 0 Å². The van der Waals surface area contributed by atoms with Crippen molar-refractivity contribution in [2.45, 2.75) is 42.9 Å². The van der Waals surface area contributed by atoms with Crippen LogP contribution in [0.3, 0.4) is 0 Å². The smallest absolute Gasteiger partial charge is 0.153 e. The van der Waals surface area contributed by atoms with Gasteiger partial charge in [0.05, 0.1) is 4.90 Å². The van der Waals surface area contributed by atoms with E-state index in [9.17, 15) is 0 Å². The van der Waals surface area contributed by atoms with Gasteiger partial charge in [0.15, 0.2) is 4.93 Å². The molecule has 1 heterocycles. The molecule has 0 atom stereocenters. The van der Waals surface area contributed by atoms with Crippen molar-refractivity contribution in [1.29, 1.82) is 0 Å².